The van der Waals surface area contributed by atoms with Crippen LogP contribution < -0.4 is 0 Å². The van der Waals surface area contributed by atoms with Crippen LogP contribution in [-0.2, 0) is 9.53 Å². The van der Waals surface area contributed by atoms with E-state index in [0.717, 1.165) is 32.2 Å². The maximum atomic E-state index is 10.6. The highest BCUT2D eigenvalue weighted by Gasteiger charge is 2.23. The summed E-state index contributed by atoms with van der Waals surface area (Å²) in [5, 5.41) is 0. The molecule has 1 aliphatic carbocycles. The highest BCUT2D eigenvalue weighted by atomic mass is 16.5. The molecule has 1 aliphatic rings. The highest BCUT2D eigenvalue weighted by molar-refractivity contribution is 6.05. The SMILES string of the molecule is C=C1C[C@H](C=O)C[C@H](COC)C1.[B]C. The van der Waals surface area contributed by atoms with E-state index in [-0.39, 0.29) is 5.92 Å². The molecule has 0 unspecified atom stereocenters. The molecule has 0 bridgehead atoms. The van der Waals surface area contributed by atoms with Gasteiger partial charge < -0.3 is 9.53 Å². The second-order valence-electron chi connectivity index (χ2n) is 3.61. The number of hydrogen-bond acceptors (Lipinski definition) is 2. The van der Waals surface area contributed by atoms with E-state index in [1.807, 2.05) is 0 Å². The number of carbonyl (C=O) groups is 1. The molecule has 2 radical (unpaired) electrons. The Bertz CT molecular complexity index is 180. The number of ether oxygens (including phenoxy) is 1. The minimum Gasteiger partial charge on any atom is -0.384 e. The Morgan fingerprint density at radius 1 is 1.57 bits per heavy atom. The van der Waals surface area contributed by atoms with Gasteiger partial charge in [0.1, 0.15) is 6.29 Å². The minimum atomic E-state index is 0.186. The Hall–Kier alpha value is -0.565. The van der Waals surface area contributed by atoms with Crippen LogP contribution in [0.15, 0.2) is 12.2 Å². The van der Waals surface area contributed by atoms with Gasteiger partial charge in [-0.3, -0.25) is 0 Å². The van der Waals surface area contributed by atoms with Gasteiger partial charge in [0.05, 0.1) is 7.85 Å². The van der Waals surface area contributed by atoms with Crippen LogP contribution in [0.25, 0.3) is 0 Å². The second kappa shape index (κ2) is 7.80. The molecule has 0 amide bonds. The maximum Gasteiger partial charge on any atom is 0.123 e. The topological polar surface area (TPSA) is 26.3 Å². The Morgan fingerprint density at radius 2 is 2.21 bits per heavy atom. The molecule has 0 saturated heterocycles. The Morgan fingerprint density at radius 3 is 2.71 bits per heavy atom. The van der Waals surface area contributed by atoms with E-state index < -0.39 is 0 Å². The van der Waals surface area contributed by atoms with Crippen molar-refractivity contribution in [1.82, 2.24) is 0 Å². The summed E-state index contributed by atoms with van der Waals surface area (Å²) < 4.78 is 5.07. The average molecular weight is 194 g/mol. The first-order chi connectivity index (χ1) is 6.76. The Kier molecular flexibility index (Phi) is 7.49. The molecular weight excluding hydrogens is 175 g/mol. The quantitative estimate of drug-likeness (QED) is 0.390. The predicted molar refractivity (Wildman–Crippen MR) is 59.5 cm³/mol. The summed E-state index contributed by atoms with van der Waals surface area (Å²) in [5.41, 5.74) is 1.19. The van der Waals surface area contributed by atoms with Crippen molar-refractivity contribution >= 4 is 14.1 Å². The molecule has 14 heavy (non-hydrogen) atoms. The smallest absolute Gasteiger partial charge is 0.123 e. The first-order valence-corrected chi connectivity index (χ1v) is 4.95. The molecule has 2 nitrogen and oxygen atoms in total. The van der Waals surface area contributed by atoms with E-state index in [9.17, 15) is 4.79 Å². The predicted octanol–water partition coefficient (Wildman–Crippen LogP) is 2.01. The lowest BCUT2D eigenvalue weighted by Gasteiger charge is -2.26. The monoisotopic (exact) mass is 194 g/mol. The van der Waals surface area contributed by atoms with Crippen molar-refractivity contribution in [2.45, 2.75) is 26.1 Å². The first-order valence-electron chi connectivity index (χ1n) is 4.95. The lowest BCUT2D eigenvalue weighted by molar-refractivity contribution is -0.112. The lowest BCUT2D eigenvalue weighted by atomic mass is 9.80. The summed E-state index contributed by atoms with van der Waals surface area (Å²) in [6.07, 6.45) is 3.92. The van der Waals surface area contributed by atoms with Crippen molar-refractivity contribution in [3.05, 3.63) is 12.2 Å². The number of hydrogen-bond donors (Lipinski definition) is 0. The Labute approximate surface area is 88.1 Å². The average Bonchev–Trinajstić information content (AvgIpc) is 2.20. The standard InChI is InChI=1S/C10H16O2.CH3B/c1-8-3-9(6-11)5-10(4-8)7-12-2;1-2/h6,9-10H,1,3-5,7H2,2H3;1H3/t9-,10+;/m0./s1. The van der Waals surface area contributed by atoms with E-state index in [4.69, 9.17) is 4.74 Å². The summed E-state index contributed by atoms with van der Waals surface area (Å²) in [6.45, 7) is 6.18. The van der Waals surface area contributed by atoms with E-state index >= 15 is 0 Å². The van der Waals surface area contributed by atoms with Crippen molar-refractivity contribution in [2.75, 3.05) is 13.7 Å². The van der Waals surface area contributed by atoms with Crippen LogP contribution in [0.2, 0.25) is 6.82 Å². The zero-order chi connectivity index (χ0) is 11.0. The molecule has 1 fully saturated rings. The lowest BCUT2D eigenvalue weighted by Crippen LogP contribution is -2.21. The Balaban J connectivity index is 0.000000791. The van der Waals surface area contributed by atoms with Gasteiger partial charge in [-0.05, 0) is 25.2 Å². The van der Waals surface area contributed by atoms with Crippen molar-refractivity contribution in [2.24, 2.45) is 11.8 Å². The molecule has 0 N–H and O–H groups in total. The van der Waals surface area contributed by atoms with E-state index in [1.54, 1.807) is 7.11 Å². The van der Waals surface area contributed by atoms with Gasteiger partial charge in [-0.1, -0.05) is 19.0 Å². The largest absolute Gasteiger partial charge is 0.384 e. The molecule has 2 atom stereocenters. The van der Waals surface area contributed by atoms with Gasteiger partial charge in [-0.15, -0.1) is 0 Å². The fourth-order valence-electron chi connectivity index (χ4n) is 1.92. The van der Waals surface area contributed by atoms with Gasteiger partial charge in [0.15, 0.2) is 0 Å². The van der Waals surface area contributed by atoms with Crippen LogP contribution in [0.4, 0.5) is 0 Å². The molecular formula is C11H19BO2. The molecule has 1 saturated carbocycles. The third-order valence-corrected chi connectivity index (χ3v) is 2.36. The van der Waals surface area contributed by atoms with Crippen LogP contribution in [-0.4, -0.2) is 27.8 Å². The molecule has 0 aromatic carbocycles. The maximum absolute atomic E-state index is 10.6. The van der Waals surface area contributed by atoms with Gasteiger partial charge >= 0.3 is 0 Å². The normalized spacial score (nSPS) is 26.3. The van der Waals surface area contributed by atoms with Crippen LogP contribution >= 0.6 is 0 Å². The number of methoxy groups -OCH3 is 1. The third-order valence-electron chi connectivity index (χ3n) is 2.36. The molecule has 0 spiro atoms. The van der Waals surface area contributed by atoms with E-state index in [2.05, 4.69) is 14.4 Å². The van der Waals surface area contributed by atoms with Crippen LogP contribution in [0.5, 0.6) is 0 Å². The summed E-state index contributed by atoms with van der Waals surface area (Å²) in [6, 6.07) is 0. The molecule has 1 rings (SSSR count). The van der Waals surface area contributed by atoms with Crippen LogP contribution in [0.3, 0.4) is 0 Å². The molecule has 0 aromatic rings. The van der Waals surface area contributed by atoms with Crippen molar-refractivity contribution in [3.63, 3.8) is 0 Å². The molecule has 0 heterocycles. The molecule has 0 aliphatic heterocycles. The van der Waals surface area contributed by atoms with Crippen LogP contribution in [0.1, 0.15) is 19.3 Å². The third kappa shape index (κ3) is 4.61. The van der Waals surface area contributed by atoms with Gasteiger partial charge in [-0.2, -0.15) is 0 Å². The number of carbonyl (C=O) groups excluding carboxylic acids is 1. The van der Waals surface area contributed by atoms with Crippen LogP contribution in [0, 0.1) is 11.8 Å². The van der Waals surface area contributed by atoms with Gasteiger partial charge in [0, 0.05) is 19.6 Å². The number of allylic oxidation sites excluding steroid dienone is 1. The van der Waals surface area contributed by atoms with Crippen molar-refractivity contribution in [1.29, 1.82) is 0 Å². The number of aldehydes is 1. The first kappa shape index (κ1) is 13.4. The van der Waals surface area contributed by atoms with Gasteiger partial charge in [-0.25, -0.2) is 0 Å². The summed E-state index contributed by atoms with van der Waals surface area (Å²) in [7, 11) is 6.20. The molecule has 78 valence electrons. The zero-order valence-corrected chi connectivity index (χ0v) is 9.16. The fraction of sp³-hybridized carbons (Fsp3) is 0.727. The molecule has 3 heteroatoms. The fourth-order valence-corrected chi connectivity index (χ4v) is 1.92. The van der Waals surface area contributed by atoms with Gasteiger partial charge in [0.25, 0.3) is 0 Å². The van der Waals surface area contributed by atoms with E-state index in [0.29, 0.717) is 5.92 Å². The zero-order valence-electron chi connectivity index (χ0n) is 9.16. The van der Waals surface area contributed by atoms with Crippen molar-refractivity contribution in [3.8, 4) is 0 Å². The summed E-state index contributed by atoms with van der Waals surface area (Å²) in [4.78, 5) is 10.6. The van der Waals surface area contributed by atoms with Gasteiger partial charge in [0.2, 0.25) is 0 Å². The molecule has 0 aromatic heterocycles. The highest BCUT2D eigenvalue weighted by Crippen LogP contribution is 2.30. The van der Waals surface area contributed by atoms with Crippen molar-refractivity contribution < 1.29 is 9.53 Å². The minimum absolute atomic E-state index is 0.186. The summed E-state index contributed by atoms with van der Waals surface area (Å²) >= 11 is 0. The second-order valence-corrected chi connectivity index (χ2v) is 3.61. The summed E-state index contributed by atoms with van der Waals surface area (Å²) in [5.74, 6) is 0.692. The van der Waals surface area contributed by atoms with E-state index in [1.165, 1.54) is 12.4 Å². The number of rotatable bonds is 3.